The van der Waals surface area contributed by atoms with Gasteiger partial charge < -0.3 is 10.1 Å². The summed E-state index contributed by atoms with van der Waals surface area (Å²) in [5.74, 6) is 0. The SMILES string of the molecule is CCc1ccc([N+](=O)[O-])c(NC[C@@H]2CCO2)c1. The second kappa shape index (κ2) is 5.14. The van der Waals surface area contributed by atoms with Crippen molar-refractivity contribution < 1.29 is 9.66 Å². The van der Waals surface area contributed by atoms with Crippen molar-refractivity contribution >= 4 is 11.4 Å². The first-order valence-corrected chi connectivity index (χ1v) is 5.83. The number of hydrogen-bond acceptors (Lipinski definition) is 4. The van der Waals surface area contributed by atoms with E-state index in [1.54, 1.807) is 12.1 Å². The fourth-order valence-corrected chi connectivity index (χ4v) is 1.77. The predicted molar refractivity (Wildman–Crippen MR) is 65.3 cm³/mol. The van der Waals surface area contributed by atoms with Crippen molar-refractivity contribution in [3.8, 4) is 0 Å². The van der Waals surface area contributed by atoms with Gasteiger partial charge in [0.25, 0.3) is 5.69 Å². The molecule has 1 aromatic rings. The molecule has 1 N–H and O–H groups in total. The van der Waals surface area contributed by atoms with E-state index in [1.807, 2.05) is 13.0 Å². The average molecular weight is 236 g/mol. The van der Waals surface area contributed by atoms with E-state index in [0.717, 1.165) is 25.0 Å². The van der Waals surface area contributed by atoms with Gasteiger partial charge in [-0.1, -0.05) is 13.0 Å². The molecule has 0 amide bonds. The number of aryl methyl sites for hydroxylation is 1. The van der Waals surface area contributed by atoms with Gasteiger partial charge in [0.1, 0.15) is 5.69 Å². The fourth-order valence-electron chi connectivity index (χ4n) is 1.77. The van der Waals surface area contributed by atoms with Crippen molar-refractivity contribution in [2.45, 2.75) is 25.9 Å². The van der Waals surface area contributed by atoms with Crippen LogP contribution in [0.4, 0.5) is 11.4 Å². The maximum absolute atomic E-state index is 10.9. The molecule has 1 saturated heterocycles. The molecule has 0 saturated carbocycles. The van der Waals surface area contributed by atoms with Gasteiger partial charge in [0.05, 0.1) is 11.0 Å². The number of anilines is 1. The van der Waals surface area contributed by atoms with E-state index in [-0.39, 0.29) is 16.7 Å². The number of ether oxygens (including phenoxy) is 1. The van der Waals surface area contributed by atoms with E-state index in [2.05, 4.69) is 5.32 Å². The Morgan fingerprint density at radius 3 is 2.88 bits per heavy atom. The summed E-state index contributed by atoms with van der Waals surface area (Å²) in [6, 6.07) is 5.20. The molecule has 1 fully saturated rings. The number of nitrogens with one attached hydrogen (secondary N) is 1. The van der Waals surface area contributed by atoms with Crippen LogP contribution in [-0.4, -0.2) is 24.2 Å². The number of nitro benzene ring substituents is 1. The molecule has 0 aliphatic carbocycles. The summed E-state index contributed by atoms with van der Waals surface area (Å²) in [6.45, 7) is 3.46. The van der Waals surface area contributed by atoms with Crippen LogP contribution in [0, 0.1) is 10.1 Å². The third-order valence-electron chi connectivity index (χ3n) is 2.98. The Labute approximate surface area is 99.9 Å². The second-order valence-corrected chi connectivity index (χ2v) is 4.12. The highest BCUT2D eigenvalue weighted by Crippen LogP contribution is 2.26. The Morgan fingerprint density at radius 2 is 2.35 bits per heavy atom. The third-order valence-corrected chi connectivity index (χ3v) is 2.98. The molecule has 0 aromatic heterocycles. The molecular formula is C12H16N2O3. The Balaban J connectivity index is 2.12. The molecule has 1 aromatic carbocycles. The molecule has 1 aliphatic rings. The van der Waals surface area contributed by atoms with Crippen molar-refractivity contribution in [2.75, 3.05) is 18.5 Å². The molecule has 5 heteroatoms. The number of nitro groups is 1. The molecule has 0 radical (unpaired) electrons. The topological polar surface area (TPSA) is 64.4 Å². The van der Waals surface area contributed by atoms with Gasteiger partial charge in [-0.3, -0.25) is 10.1 Å². The van der Waals surface area contributed by atoms with Crippen molar-refractivity contribution in [1.82, 2.24) is 0 Å². The molecule has 92 valence electrons. The number of rotatable bonds is 5. The summed E-state index contributed by atoms with van der Waals surface area (Å²) >= 11 is 0. The Morgan fingerprint density at radius 1 is 1.59 bits per heavy atom. The highest BCUT2D eigenvalue weighted by molar-refractivity contribution is 5.62. The lowest BCUT2D eigenvalue weighted by molar-refractivity contribution is -0.384. The minimum absolute atomic E-state index is 0.126. The summed E-state index contributed by atoms with van der Waals surface area (Å²) in [6.07, 6.45) is 2.08. The standard InChI is InChI=1S/C12H16N2O3/c1-2-9-3-4-12(14(15)16)11(7-9)13-8-10-5-6-17-10/h3-4,7,10,13H,2,5-6,8H2,1H3/t10-/m0/s1. The van der Waals surface area contributed by atoms with Gasteiger partial charge in [-0.2, -0.15) is 0 Å². The van der Waals surface area contributed by atoms with Gasteiger partial charge in [0.2, 0.25) is 0 Å². The highest BCUT2D eigenvalue weighted by atomic mass is 16.6. The maximum Gasteiger partial charge on any atom is 0.292 e. The van der Waals surface area contributed by atoms with Crippen LogP contribution in [0.1, 0.15) is 18.9 Å². The van der Waals surface area contributed by atoms with E-state index in [1.165, 1.54) is 0 Å². The van der Waals surface area contributed by atoms with Gasteiger partial charge in [-0.05, 0) is 24.5 Å². The average Bonchev–Trinajstić information content (AvgIpc) is 2.26. The van der Waals surface area contributed by atoms with E-state index in [4.69, 9.17) is 4.74 Å². The van der Waals surface area contributed by atoms with Gasteiger partial charge in [-0.25, -0.2) is 0 Å². The Bertz CT molecular complexity index is 416. The first-order chi connectivity index (χ1) is 8.20. The molecule has 1 heterocycles. The molecule has 1 atom stereocenters. The van der Waals surface area contributed by atoms with E-state index >= 15 is 0 Å². The molecule has 0 unspecified atom stereocenters. The summed E-state index contributed by atoms with van der Waals surface area (Å²) in [7, 11) is 0. The fraction of sp³-hybridized carbons (Fsp3) is 0.500. The summed E-state index contributed by atoms with van der Waals surface area (Å²) in [5, 5.41) is 14.0. The molecular weight excluding hydrogens is 220 g/mol. The minimum atomic E-state index is -0.358. The zero-order valence-corrected chi connectivity index (χ0v) is 9.81. The molecule has 1 aliphatic heterocycles. The van der Waals surface area contributed by atoms with E-state index < -0.39 is 0 Å². The first-order valence-electron chi connectivity index (χ1n) is 5.83. The lowest BCUT2D eigenvalue weighted by atomic mass is 10.1. The third kappa shape index (κ3) is 2.74. The van der Waals surface area contributed by atoms with Gasteiger partial charge in [0.15, 0.2) is 0 Å². The normalized spacial score (nSPS) is 18.5. The maximum atomic E-state index is 10.9. The number of hydrogen-bond donors (Lipinski definition) is 1. The smallest absolute Gasteiger partial charge is 0.292 e. The Kier molecular flexibility index (Phi) is 3.58. The van der Waals surface area contributed by atoms with Crippen LogP contribution in [-0.2, 0) is 11.2 Å². The first kappa shape index (κ1) is 11.9. The van der Waals surface area contributed by atoms with Crippen LogP contribution in [0.3, 0.4) is 0 Å². The van der Waals surface area contributed by atoms with Crippen molar-refractivity contribution in [3.63, 3.8) is 0 Å². The van der Waals surface area contributed by atoms with Crippen LogP contribution in [0.5, 0.6) is 0 Å². The molecule has 0 bridgehead atoms. The molecule has 0 spiro atoms. The van der Waals surface area contributed by atoms with Crippen LogP contribution < -0.4 is 5.32 Å². The van der Waals surface area contributed by atoms with Crippen molar-refractivity contribution in [3.05, 3.63) is 33.9 Å². The lowest BCUT2D eigenvalue weighted by Crippen LogP contribution is -2.33. The van der Waals surface area contributed by atoms with Gasteiger partial charge in [0, 0.05) is 19.2 Å². The zero-order valence-electron chi connectivity index (χ0n) is 9.81. The zero-order chi connectivity index (χ0) is 12.3. The number of benzene rings is 1. The molecule has 2 rings (SSSR count). The van der Waals surface area contributed by atoms with E-state index in [0.29, 0.717) is 12.2 Å². The second-order valence-electron chi connectivity index (χ2n) is 4.12. The van der Waals surface area contributed by atoms with Crippen molar-refractivity contribution in [1.29, 1.82) is 0 Å². The van der Waals surface area contributed by atoms with Gasteiger partial charge >= 0.3 is 0 Å². The monoisotopic (exact) mass is 236 g/mol. The van der Waals surface area contributed by atoms with Crippen LogP contribution in [0.15, 0.2) is 18.2 Å². The predicted octanol–water partition coefficient (Wildman–Crippen LogP) is 2.36. The largest absolute Gasteiger partial charge is 0.377 e. The lowest BCUT2D eigenvalue weighted by Gasteiger charge is -2.26. The van der Waals surface area contributed by atoms with Crippen LogP contribution in [0.2, 0.25) is 0 Å². The molecule has 17 heavy (non-hydrogen) atoms. The minimum Gasteiger partial charge on any atom is -0.377 e. The highest BCUT2D eigenvalue weighted by Gasteiger charge is 2.20. The quantitative estimate of drug-likeness (QED) is 0.629. The van der Waals surface area contributed by atoms with Crippen LogP contribution in [0.25, 0.3) is 0 Å². The van der Waals surface area contributed by atoms with E-state index in [9.17, 15) is 10.1 Å². The Hall–Kier alpha value is -1.62. The van der Waals surface area contributed by atoms with Crippen molar-refractivity contribution in [2.24, 2.45) is 0 Å². The number of nitrogens with zero attached hydrogens (tertiary/aromatic N) is 1. The van der Waals surface area contributed by atoms with Gasteiger partial charge in [-0.15, -0.1) is 0 Å². The van der Waals surface area contributed by atoms with Crippen LogP contribution >= 0.6 is 0 Å². The summed E-state index contributed by atoms with van der Waals surface area (Å²) < 4.78 is 5.28. The molecule has 5 nitrogen and oxygen atoms in total. The summed E-state index contributed by atoms with van der Waals surface area (Å²) in [4.78, 5) is 10.5. The summed E-state index contributed by atoms with van der Waals surface area (Å²) in [5.41, 5.74) is 1.80.